The number of rotatable bonds is 7. The number of thioether (sulfide) groups is 1. The van der Waals surface area contributed by atoms with Gasteiger partial charge < -0.3 is 10.5 Å². The Hall–Kier alpha value is -1.67. The first-order chi connectivity index (χ1) is 9.47. The van der Waals surface area contributed by atoms with Crippen molar-refractivity contribution < 1.29 is 18.8 Å². The number of nitrogens with two attached hydrogens (primary N) is 1. The van der Waals surface area contributed by atoms with Gasteiger partial charge in [-0.2, -0.15) is 16.2 Å². The molecule has 1 aromatic rings. The predicted molar refractivity (Wildman–Crippen MR) is 73.8 cm³/mol. The van der Waals surface area contributed by atoms with Crippen LogP contribution >= 0.6 is 11.8 Å². The Morgan fingerprint density at radius 2 is 2.30 bits per heavy atom. The zero-order valence-corrected chi connectivity index (χ0v) is 11.7. The molecule has 6 nitrogen and oxygen atoms in total. The van der Waals surface area contributed by atoms with Crippen molar-refractivity contribution in [2.75, 3.05) is 12.9 Å². The molecule has 0 aliphatic carbocycles. The molecular weight excluding hydrogens is 287 g/mol. The fourth-order valence-corrected chi connectivity index (χ4v) is 2.49. The molecule has 0 saturated heterocycles. The lowest BCUT2D eigenvalue weighted by Gasteiger charge is -2.08. The summed E-state index contributed by atoms with van der Waals surface area (Å²) in [5, 5.41) is 10.6. The number of hydrogen-bond acceptors (Lipinski definition) is 6. The van der Waals surface area contributed by atoms with Crippen molar-refractivity contribution in [1.82, 2.24) is 0 Å². The number of carbonyl (C=O) groups is 1. The quantitative estimate of drug-likeness (QED) is 0.357. The number of nitro groups is 1. The number of esters is 1. The minimum absolute atomic E-state index is 0.260. The lowest BCUT2D eigenvalue weighted by molar-refractivity contribution is -0.387. The van der Waals surface area contributed by atoms with Gasteiger partial charge in [-0.15, -0.1) is 0 Å². The summed E-state index contributed by atoms with van der Waals surface area (Å²) in [4.78, 5) is 20.9. The van der Waals surface area contributed by atoms with Gasteiger partial charge in [0.15, 0.2) is 0 Å². The van der Waals surface area contributed by atoms with Crippen LogP contribution in [0.5, 0.6) is 0 Å². The van der Waals surface area contributed by atoms with Crippen molar-refractivity contribution in [3.8, 4) is 0 Å². The van der Waals surface area contributed by atoms with E-state index >= 15 is 0 Å². The summed E-state index contributed by atoms with van der Waals surface area (Å²) in [5.74, 6) is -0.505. The third-order valence-electron chi connectivity index (χ3n) is 2.59. The molecule has 0 aromatic heterocycles. The average molecular weight is 302 g/mol. The van der Waals surface area contributed by atoms with Gasteiger partial charge in [-0.05, 0) is 12.2 Å². The van der Waals surface area contributed by atoms with Gasteiger partial charge >= 0.3 is 11.7 Å². The summed E-state index contributed by atoms with van der Waals surface area (Å²) in [7, 11) is 1.26. The molecule has 0 saturated carbocycles. The Morgan fingerprint density at radius 1 is 1.60 bits per heavy atom. The molecule has 20 heavy (non-hydrogen) atoms. The highest BCUT2D eigenvalue weighted by Crippen LogP contribution is 2.23. The second kappa shape index (κ2) is 7.81. The van der Waals surface area contributed by atoms with Gasteiger partial charge in [-0.25, -0.2) is 0 Å². The molecule has 1 aromatic carbocycles. The third-order valence-corrected chi connectivity index (χ3v) is 3.63. The van der Waals surface area contributed by atoms with E-state index in [0.29, 0.717) is 12.2 Å². The van der Waals surface area contributed by atoms with Crippen molar-refractivity contribution in [2.45, 2.75) is 18.2 Å². The Morgan fingerprint density at radius 3 is 2.90 bits per heavy atom. The van der Waals surface area contributed by atoms with E-state index < -0.39 is 28.4 Å². The molecule has 110 valence electrons. The van der Waals surface area contributed by atoms with Crippen LogP contribution in [-0.2, 0) is 15.3 Å². The first-order valence-corrected chi connectivity index (χ1v) is 6.95. The monoisotopic (exact) mass is 302 g/mol. The molecule has 0 aliphatic rings. The number of nitro benzene ring substituents is 1. The van der Waals surface area contributed by atoms with Gasteiger partial charge in [0.25, 0.3) is 0 Å². The van der Waals surface area contributed by atoms with E-state index in [0.717, 1.165) is 6.07 Å². The molecule has 2 N–H and O–H groups in total. The Balaban J connectivity index is 2.49. The number of ether oxygens (including phenoxy) is 1. The van der Waals surface area contributed by atoms with Crippen molar-refractivity contribution in [3.63, 3.8) is 0 Å². The van der Waals surface area contributed by atoms with Gasteiger partial charge in [-0.1, -0.05) is 12.1 Å². The summed E-state index contributed by atoms with van der Waals surface area (Å²) in [6.45, 7) is 0. The van der Waals surface area contributed by atoms with Crippen molar-refractivity contribution >= 4 is 23.4 Å². The number of benzene rings is 1. The second-order valence-corrected chi connectivity index (χ2v) is 5.08. The molecule has 0 amide bonds. The topological polar surface area (TPSA) is 95.5 Å². The first kappa shape index (κ1) is 16.4. The van der Waals surface area contributed by atoms with Crippen LogP contribution in [0.15, 0.2) is 18.2 Å². The highest BCUT2D eigenvalue weighted by molar-refractivity contribution is 7.98. The fourth-order valence-electron chi connectivity index (χ4n) is 1.48. The molecule has 8 heteroatoms. The van der Waals surface area contributed by atoms with Crippen LogP contribution in [0.25, 0.3) is 0 Å². The number of carbonyl (C=O) groups excluding carboxylic acids is 1. The Bertz CT molecular complexity index is 498. The maximum Gasteiger partial charge on any atom is 0.322 e. The summed E-state index contributed by atoms with van der Waals surface area (Å²) in [5.41, 5.74) is 5.28. The van der Waals surface area contributed by atoms with Crippen LogP contribution in [0, 0.1) is 15.9 Å². The van der Waals surface area contributed by atoms with E-state index in [-0.39, 0.29) is 11.3 Å². The van der Waals surface area contributed by atoms with Gasteiger partial charge in [-0.3, -0.25) is 14.9 Å². The largest absolute Gasteiger partial charge is 0.468 e. The first-order valence-electron chi connectivity index (χ1n) is 5.80. The highest BCUT2D eigenvalue weighted by Gasteiger charge is 2.17. The number of halogens is 1. The van der Waals surface area contributed by atoms with Crippen molar-refractivity contribution in [2.24, 2.45) is 5.73 Å². The number of methoxy groups -OCH3 is 1. The van der Waals surface area contributed by atoms with Crippen LogP contribution < -0.4 is 5.73 Å². The number of hydrogen-bond donors (Lipinski definition) is 1. The summed E-state index contributed by atoms with van der Waals surface area (Å²) in [6, 6.07) is 3.35. The molecule has 1 rings (SSSR count). The van der Waals surface area contributed by atoms with E-state index in [4.69, 9.17) is 5.73 Å². The van der Waals surface area contributed by atoms with Gasteiger partial charge in [0.1, 0.15) is 6.04 Å². The zero-order chi connectivity index (χ0) is 15.1. The number of nitrogens with zero attached hydrogens (tertiary/aromatic N) is 1. The summed E-state index contributed by atoms with van der Waals surface area (Å²) in [6.07, 6.45) is 0.397. The van der Waals surface area contributed by atoms with Crippen LogP contribution in [-0.4, -0.2) is 29.8 Å². The van der Waals surface area contributed by atoms with E-state index in [1.54, 1.807) is 0 Å². The Kier molecular flexibility index (Phi) is 6.40. The SMILES string of the molecule is COC(=O)C(N)CCSCc1cccc([N+](=O)[O-])c1F. The minimum atomic E-state index is -0.817. The predicted octanol–water partition coefficient (Wildman–Crippen LogP) is 1.86. The molecule has 0 bridgehead atoms. The highest BCUT2D eigenvalue weighted by atomic mass is 32.2. The van der Waals surface area contributed by atoms with E-state index in [2.05, 4.69) is 4.74 Å². The van der Waals surface area contributed by atoms with E-state index in [1.165, 1.54) is 31.0 Å². The van der Waals surface area contributed by atoms with Crippen LogP contribution in [0.2, 0.25) is 0 Å². The van der Waals surface area contributed by atoms with Gasteiger partial charge in [0, 0.05) is 17.4 Å². The van der Waals surface area contributed by atoms with Crippen molar-refractivity contribution in [1.29, 1.82) is 0 Å². The smallest absolute Gasteiger partial charge is 0.322 e. The maximum atomic E-state index is 13.7. The summed E-state index contributed by atoms with van der Waals surface area (Å²) >= 11 is 1.35. The van der Waals surface area contributed by atoms with Gasteiger partial charge in [0.05, 0.1) is 12.0 Å². The normalized spacial score (nSPS) is 11.9. The molecule has 0 aliphatic heterocycles. The Labute approximate surface area is 119 Å². The van der Waals surface area contributed by atoms with Gasteiger partial charge in [0.2, 0.25) is 5.82 Å². The minimum Gasteiger partial charge on any atom is -0.468 e. The molecule has 1 unspecified atom stereocenters. The standard InChI is InChI=1S/C12H15FN2O4S/c1-19-12(16)9(14)5-6-20-7-8-3-2-4-10(11(8)13)15(17)18/h2-4,9H,5-7,14H2,1H3. The summed E-state index contributed by atoms with van der Waals surface area (Å²) < 4.78 is 18.2. The third kappa shape index (κ3) is 4.46. The molecule has 0 spiro atoms. The molecule has 0 fully saturated rings. The molecule has 0 radical (unpaired) electrons. The fraction of sp³-hybridized carbons (Fsp3) is 0.417. The van der Waals surface area contributed by atoms with E-state index in [1.807, 2.05) is 0 Å². The lowest BCUT2D eigenvalue weighted by atomic mass is 10.2. The van der Waals surface area contributed by atoms with Crippen LogP contribution in [0.1, 0.15) is 12.0 Å². The maximum absolute atomic E-state index is 13.7. The van der Waals surface area contributed by atoms with Crippen LogP contribution in [0.4, 0.5) is 10.1 Å². The zero-order valence-electron chi connectivity index (χ0n) is 10.9. The lowest BCUT2D eigenvalue weighted by Crippen LogP contribution is -2.31. The second-order valence-electron chi connectivity index (χ2n) is 3.98. The van der Waals surface area contributed by atoms with E-state index in [9.17, 15) is 19.3 Å². The molecule has 1 atom stereocenters. The van der Waals surface area contributed by atoms with Crippen LogP contribution in [0.3, 0.4) is 0 Å². The average Bonchev–Trinajstić information content (AvgIpc) is 2.43. The van der Waals surface area contributed by atoms with Crippen molar-refractivity contribution in [3.05, 3.63) is 39.7 Å². The molecule has 0 heterocycles. The molecular formula is C12H15FN2O4S.